The number of aryl methyl sites for hydroxylation is 2. The van der Waals surface area contributed by atoms with Gasteiger partial charge in [0.05, 0.1) is 17.1 Å². The number of aromatic amines is 1. The summed E-state index contributed by atoms with van der Waals surface area (Å²) < 4.78 is 0. The van der Waals surface area contributed by atoms with Crippen molar-refractivity contribution in [2.75, 3.05) is 6.54 Å². The van der Waals surface area contributed by atoms with Crippen LogP contribution < -0.4 is 11.1 Å². The first-order valence-corrected chi connectivity index (χ1v) is 5.99. The molecule has 1 rings (SSSR count). The number of nitrogens with one attached hydrogen (secondary N) is 2. The molecule has 1 heterocycles. The van der Waals surface area contributed by atoms with Crippen LogP contribution in [0.5, 0.6) is 0 Å². The van der Waals surface area contributed by atoms with Crippen molar-refractivity contribution in [2.45, 2.75) is 26.7 Å². The van der Waals surface area contributed by atoms with Crippen LogP contribution in [-0.2, 0) is 11.2 Å². The molecule has 0 saturated carbocycles. The Labute approximate surface area is 106 Å². The van der Waals surface area contributed by atoms with Gasteiger partial charge in [-0.25, -0.2) is 0 Å². The molecule has 1 aromatic rings. The van der Waals surface area contributed by atoms with Crippen molar-refractivity contribution in [1.82, 2.24) is 15.5 Å². The van der Waals surface area contributed by atoms with E-state index >= 15 is 0 Å². The Hall–Kier alpha value is -1.43. The second kappa shape index (κ2) is 6.34. The molecule has 0 fully saturated rings. The Morgan fingerprint density at radius 1 is 1.71 bits per heavy atom. The summed E-state index contributed by atoms with van der Waals surface area (Å²) in [5.74, 6) is -0.512. The molecule has 5 nitrogen and oxygen atoms in total. The lowest BCUT2D eigenvalue weighted by molar-refractivity contribution is -0.122. The number of nitrogens with two attached hydrogens (primary N) is 1. The number of amides is 1. The van der Waals surface area contributed by atoms with E-state index in [9.17, 15) is 4.79 Å². The summed E-state index contributed by atoms with van der Waals surface area (Å²) in [7, 11) is 0. The number of hydrogen-bond donors (Lipinski definition) is 3. The van der Waals surface area contributed by atoms with Gasteiger partial charge in [-0.3, -0.25) is 9.89 Å². The normalized spacial score (nSPS) is 12.1. The van der Waals surface area contributed by atoms with Gasteiger partial charge >= 0.3 is 0 Å². The van der Waals surface area contributed by atoms with Gasteiger partial charge in [0.1, 0.15) is 0 Å². The smallest absolute Gasteiger partial charge is 0.229 e. The summed E-state index contributed by atoms with van der Waals surface area (Å²) in [5, 5.41) is 9.63. The van der Waals surface area contributed by atoms with Crippen molar-refractivity contribution in [3.05, 3.63) is 17.5 Å². The predicted octanol–water partition coefficient (Wildman–Crippen LogP) is 0.689. The third-order valence-electron chi connectivity index (χ3n) is 2.68. The molecule has 0 saturated heterocycles. The molecule has 1 aromatic heterocycles. The minimum Gasteiger partial charge on any atom is -0.393 e. The van der Waals surface area contributed by atoms with Crippen molar-refractivity contribution in [2.24, 2.45) is 11.7 Å². The van der Waals surface area contributed by atoms with Crippen LogP contribution in [0, 0.1) is 12.8 Å². The number of H-pyrrole nitrogens is 1. The second-order valence-electron chi connectivity index (χ2n) is 4.04. The lowest BCUT2D eigenvalue weighted by atomic mass is 10.1. The molecule has 4 N–H and O–H groups in total. The molecular formula is C11H18N4OS. The average Bonchev–Trinajstić information content (AvgIpc) is 2.69. The highest BCUT2D eigenvalue weighted by molar-refractivity contribution is 7.80. The highest BCUT2D eigenvalue weighted by atomic mass is 32.1. The molecule has 0 aliphatic heterocycles. The summed E-state index contributed by atoms with van der Waals surface area (Å²) in [6.07, 6.45) is 3.58. The quantitative estimate of drug-likeness (QED) is 0.515. The Bertz CT molecular complexity index is 402. The Kier molecular flexibility index (Phi) is 5.09. The minimum absolute atomic E-state index is 0.110. The van der Waals surface area contributed by atoms with Crippen molar-refractivity contribution >= 4 is 23.1 Å². The molecular weight excluding hydrogens is 236 g/mol. The fourth-order valence-corrected chi connectivity index (χ4v) is 1.51. The number of nitrogens with zero attached hydrogens (tertiary/aromatic N) is 1. The monoisotopic (exact) mass is 254 g/mol. The number of carbonyl (C=O) groups excluding carboxylic acids is 1. The van der Waals surface area contributed by atoms with E-state index in [0.717, 1.165) is 18.5 Å². The summed E-state index contributed by atoms with van der Waals surface area (Å²) in [6, 6.07) is 0. The second-order valence-corrected chi connectivity index (χ2v) is 4.51. The van der Waals surface area contributed by atoms with Crippen LogP contribution in [0.3, 0.4) is 0 Å². The van der Waals surface area contributed by atoms with Crippen LogP contribution in [0.1, 0.15) is 24.6 Å². The number of rotatable bonds is 6. The predicted molar refractivity (Wildman–Crippen MR) is 70.6 cm³/mol. The van der Waals surface area contributed by atoms with Gasteiger partial charge in [-0.2, -0.15) is 5.10 Å². The number of aromatic nitrogens is 2. The molecule has 1 amide bonds. The maximum absolute atomic E-state index is 11.5. The van der Waals surface area contributed by atoms with E-state index in [2.05, 4.69) is 15.5 Å². The topological polar surface area (TPSA) is 83.8 Å². The summed E-state index contributed by atoms with van der Waals surface area (Å²) in [4.78, 5) is 11.7. The number of carbonyl (C=O) groups is 1. The molecule has 0 aliphatic rings. The van der Waals surface area contributed by atoms with Crippen molar-refractivity contribution in [3.8, 4) is 0 Å². The Morgan fingerprint density at radius 2 is 2.41 bits per heavy atom. The molecule has 17 heavy (non-hydrogen) atoms. The Balaban J connectivity index is 2.23. The fourth-order valence-electron chi connectivity index (χ4n) is 1.40. The molecule has 0 aliphatic carbocycles. The summed E-state index contributed by atoms with van der Waals surface area (Å²) >= 11 is 4.76. The highest BCUT2D eigenvalue weighted by Crippen LogP contribution is 2.05. The molecule has 0 aromatic carbocycles. The van der Waals surface area contributed by atoms with Crippen LogP contribution in [0.15, 0.2) is 6.20 Å². The molecule has 0 bridgehead atoms. The zero-order valence-electron chi connectivity index (χ0n) is 10.1. The van der Waals surface area contributed by atoms with Crippen molar-refractivity contribution < 1.29 is 4.79 Å². The maximum atomic E-state index is 11.5. The fraction of sp³-hybridized carbons (Fsp3) is 0.545. The Morgan fingerprint density at radius 3 is 2.94 bits per heavy atom. The van der Waals surface area contributed by atoms with Gasteiger partial charge in [0.2, 0.25) is 5.91 Å². The molecule has 0 spiro atoms. The van der Waals surface area contributed by atoms with Crippen LogP contribution in [0.4, 0.5) is 0 Å². The van der Waals surface area contributed by atoms with Crippen LogP contribution >= 0.6 is 12.2 Å². The van der Waals surface area contributed by atoms with E-state index in [1.54, 1.807) is 6.92 Å². The van der Waals surface area contributed by atoms with E-state index in [-0.39, 0.29) is 10.9 Å². The van der Waals surface area contributed by atoms with Gasteiger partial charge in [0, 0.05) is 12.2 Å². The third-order valence-corrected chi connectivity index (χ3v) is 3.03. The number of thiocarbonyl (C=S) groups is 1. The van der Waals surface area contributed by atoms with E-state index < -0.39 is 5.92 Å². The van der Waals surface area contributed by atoms with Gasteiger partial charge in [-0.05, 0) is 32.3 Å². The summed E-state index contributed by atoms with van der Waals surface area (Å²) in [5.41, 5.74) is 7.66. The van der Waals surface area contributed by atoms with Gasteiger partial charge in [-0.15, -0.1) is 0 Å². The van der Waals surface area contributed by atoms with Gasteiger partial charge in [0.25, 0.3) is 0 Å². The SMILES string of the molecule is Cc1[nH]ncc1CCCNC(=O)C(C)C(N)=S. The lowest BCUT2D eigenvalue weighted by Gasteiger charge is -2.10. The van der Waals surface area contributed by atoms with E-state index in [1.165, 1.54) is 5.56 Å². The van der Waals surface area contributed by atoms with E-state index in [0.29, 0.717) is 6.54 Å². The molecule has 6 heteroatoms. The van der Waals surface area contributed by atoms with Crippen molar-refractivity contribution in [3.63, 3.8) is 0 Å². The third kappa shape index (κ3) is 4.14. The molecule has 1 unspecified atom stereocenters. The largest absolute Gasteiger partial charge is 0.393 e. The van der Waals surface area contributed by atoms with Crippen LogP contribution in [0.25, 0.3) is 0 Å². The van der Waals surface area contributed by atoms with Gasteiger partial charge < -0.3 is 11.1 Å². The first kappa shape index (κ1) is 13.6. The maximum Gasteiger partial charge on any atom is 0.229 e. The zero-order valence-corrected chi connectivity index (χ0v) is 10.9. The van der Waals surface area contributed by atoms with Crippen molar-refractivity contribution in [1.29, 1.82) is 0 Å². The first-order chi connectivity index (χ1) is 8.02. The zero-order chi connectivity index (χ0) is 12.8. The van der Waals surface area contributed by atoms with Crippen LogP contribution in [-0.4, -0.2) is 27.6 Å². The standard InChI is InChI=1S/C11H18N4OS/c1-7(10(12)17)11(16)13-5-3-4-9-6-14-15-8(9)2/h6-7H,3-5H2,1-2H3,(H2,12,17)(H,13,16)(H,14,15). The molecule has 94 valence electrons. The summed E-state index contributed by atoms with van der Waals surface area (Å²) in [6.45, 7) is 4.31. The highest BCUT2D eigenvalue weighted by Gasteiger charge is 2.14. The number of hydrogen-bond acceptors (Lipinski definition) is 3. The molecule has 1 atom stereocenters. The lowest BCUT2D eigenvalue weighted by Crippen LogP contribution is -2.36. The minimum atomic E-state index is -0.402. The first-order valence-electron chi connectivity index (χ1n) is 5.58. The van der Waals surface area contributed by atoms with Crippen LogP contribution in [0.2, 0.25) is 0 Å². The van der Waals surface area contributed by atoms with E-state index in [1.807, 2.05) is 13.1 Å². The molecule has 0 radical (unpaired) electrons. The van der Waals surface area contributed by atoms with Gasteiger partial charge in [-0.1, -0.05) is 12.2 Å². The van der Waals surface area contributed by atoms with E-state index in [4.69, 9.17) is 18.0 Å². The van der Waals surface area contributed by atoms with Gasteiger partial charge in [0.15, 0.2) is 0 Å². The average molecular weight is 254 g/mol.